The van der Waals surface area contributed by atoms with Crippen LogP contribution in [-0.4, -0.2) is 6.54 Å². The Morgan fingerprint density at radius 1 is 0.952 bits per heavy atom. The van der Waals surface area contributed by atoms with E-state index in [4.69, 9.17) is 11.6 Å². The number of nitrogens with one attached hydrogen (secondary N) is 1. The minimum atomic E-state index is 0.811. The summed E-state index contributed by atoms with van der Waals surface area (Å²) in [7, 11) is 0. The van der Waals surface area contributed by atoms with E-state index in [0.717, 1.165) is 29.2 Å². The SMILES string of the molecule is CCNCc1ccc(-c2cccc3ccccc23)cc1Cl. The number of hydrogen-bond donors (Lipinski definition) is 1. The van der Waals surface area contributed by atoms with Crippen molar-refractivity contribution in [3.8, 4) is 11.1 Å². The molecule has 0 saturated heterocycles. The molecule has 0 atom stereocenters. The lowest BCUT2D eigenvalue weighted by Crippen LogP contribution is -2.11. The molecule has 1 nitrogen and oxygen atoms in total. The zero-order valence-corrected chi connectivity index (χ0v) is 12.8. The van der Waals surface area contributed by atoms with Gasteiger partial charge in [-0.2, -0.15) is 0 Å². The Bertz CT molecular complexity index is 759. The van der Waals surface area contributed by atoms with Gasteiger partial charge in [0, 0.05) is 11.6 Å². The third-order valence-corrected chi connectivity index (χ3v) is 4.07. The maximum atomic E-state index is 6.43. The van der Waals surface area contributed by atoms with E-state index in [0.29, 0.717) is 0 Å². The maximum absolute atomic E-state index is 6.43. The van der Waals surface area contributed by atoms with Gasteiger partial charge in [0.15, 0.2) is 0 Å². The number of halogens is 1. The first-order valence-corrected chi connectivity index (χ1v) is 7.64. The van der Waals surface area contributed by atoms with Gasteiger partial charge in [0.25, 0.3) is 0 Å². The van der Waals surface area contributed by atoms with E-state index in [1.165, 1.54) is 16.3 Å². The fourth-order valence-corrected chi connectivity index (χ4v) is 2.84. The summed E-state index contributed by atoms with van der Waals surface area (Å²) in [5.41, 5.74) is 3.53. The lowest BCUT2D eigenvalue weighted by molar-refractivity contribution is 0.727. The fraction of sp³-hybridized carbons (Fsp3) is 0.158. The smallest absolute Gasteiger partial charge is 0.0457 e. The predicted molar refractivity (Wildman–Crippen MR) is 91.8 cm³/mol. The van der Waals surface area contributed by atoms with Crippen LogP contribution in [0.25, 0.3) is 21.9 Å². The molecule has 0 aromatic heterocycles. The molecule has 21 heavy (non-hydrogen) atoms. The van der Waals surface area contributed by atoms with E-state index in [1.807, 2.05) is 0 Å². The summed E-state index contributed by atoms with van der Waals surface area (Å²) in [6.07, 6.45) is 0. The third kappa shape index (κ3) is 2.94. The van der Waals surface area contributed by atoms with Crippen LogP contribution in [0, 0.1) is 0 Å². The number of benzene rings is 3. The molecule has 0 radical (unpaired) electrons. The molecule has 1 N–H and O–H groups in total. The molecule has 0 aliphatic carbocycles. The molecule has 0 bridgehead atoms. The van der Waals surface area contributed by atoms with Gasteiger partial charge in [-0.05, 0) is 40.1 Å². The van der Waals surface area contributed by atoms with Crippen LogP contribution < -0.4 is 5.32 Å². The molecule has 0 aliphatic heterocycles. The molecule has 0 unspecified atom stereocenters. The molecular weight excluding hydrogens is 278 g/mol. The van der Waals surface area contributed by atoms with Crippen molar-refractivity contribution in [1.82, 2.24) is 5.32 Å². The number of hydrogen-bond acceptors (Lipinski definition) is 1. The van der Waals surface area contributed by atoms with Crippen molar-refractivity contribution in [1.29, 1.82) is 0 Å². The van der Waals surface area contributed by atoms with Crippen molar-refractivity contribution in [3.05, 3.63) is 71.2 Å². The van der Waals surface area contributed by atoms with E-state index in [1.54, 1.807) is 0 Å². The molecule has 0 aliphatic rings. The quantitative estimate of drug-likeness (QED) is 0.691. The molecule has 0 amide bonds. The van der Waals surface area contributed by atoms with Crippen LogP contribution in [0.2, 0.25) is 5.02 Å². The Labute approximate surface area is 130 Å². The van der Waals surface area contributed by atoms with Gasteiger partial charge < -0.3 is 5.32 Å². The topological polar surface area (TPSA) is 12.0 Å². The van der Waals surface area contributed by atoms with Gasteiger partial charge in [-0.1, -0.05) is 73.1 Å². The van der Waals surface area contributed by atoms with Crippen LogP contribution in [0.4, 0.5) is 0 Å². The minimum absolute atomic E-state index is 0.811. The molecule has 0 heterocycles. The second kappa shape index (κ2) is 6.30. The minimum Gasteiger partial charge on any atom is -0.313 e. The maximum Gasteiger partial charge on any atom is 0.0457 e. The van der Waals surface area contributed by atoms with E-state index in [-0.39, 0.29) is 0 Å². The van der Waals surface area contributed by atoms with Gasteiger partial charge in [0.2, 0.25) is 0 Å². The van der Waals surface area contributed by atoms with E-state index in [2.05, 4.69) is 72.9 Å². The molecule has 0 spiro atoms. The standard InChI is InChI=1S/C19H18ClN/c1-2-21-13-16-11-10-15(12-19(16)20)18-9-5-7-14-6-3-4-8-17(14)18/h3-12,21H,2,13H2,1H3. The highest BCUT2D eigenvalue weighted by molar-refractivity contribution is 6.31. The second-order valence-electron chi connectivity index (χ2n) is 5.11. The van der Waals surface area contributed by atoms with Crippen LogP contribution in [-0.2, 0) is 6.54 Å². The van der Waals surface area contributed by atoms with Crippen molar-refractivity contribution < 1.29 is 0 Å². The van der Waals surface area contributed by atoms with Crippen molar-refractivity contribution in [3.63, 3.8) is 0 Å². The molecule has 106 valence electrons. The summed E-state index contributed by atoms with van der Waals surface area (Å²) in [6, 6.07) is 21.2. The van der Waals surface area contributed by atoms with Crippen molar-refractivity contribution in [2.75, 3.05) is 6.54 Å². The van der Waals surface area contributed by atoms with Gasteiger partial charge >= 0.3 is 0 Å². The van der Waals surface area contributed by atoms with E-state index >= 15 is 0 Å². The second-order valence-corrected chi connectivity index (χ2v) is 5.52. The van der Waals surface area contributed by atoms with Gasteiger partial charge in [-0.25, -0.2) is 0 Å². The Kier molecular flexibility index (Phi) is 4.23. The average molecular weight is 296 g/mol. The highest BCUT2D eigenvalue weighted by Gasteiger charge is 2.06. The monoisotopic (exact) mass is 295 g/mol. The highest BCUT2D eigenvalue weighted by Crippen LogP contribution is 2.31. The van der Waals surface area contributed by atoms with E-state index in [9.17, 15) is 0 Å². The first-order valence-electron chi connectivity index (χ1n) is 7.27. The van der Waals surface area contributed by atoms with Gasteiger partial charge in [0.05, 0.1) is 0 Å². The molecule has 0 saturated carbocycles. The van der Waals surface area contributed by atoms with E-state index < -0.39 is 0 Å². The fourth-order valence-electron chi connectivity index (χ4n) is 2.60. The van der Waals surface area contributed by atoms with Gasteiger partial charge in [-0.3, -0.25) is 0 Å². The Hall–Kier alpha value is -1.83. The van der Waals surface area contributed by atoms with Crippen LogP contribution in [0.3, 0.4) is 0 Å². The molecule has 3 rings (SSSR count). The zero-order chi connectivity index (χ0) is 14.7. The molecule has 0 fully saturated rings. The molecular formula is C19H18ClN. The summed E-state index contributed by atoms with van der Waals surface area (Å²) in [5.74, 6) is 0. The average Bonchev–Trinajstić information content (AvgIpc) is 2.53. The van der Waals surface area contributed by atoms with Crippen LogP contribution in [0.1, 0.15) is 12.5 Å². The molecule has 3 aromatic carbocycles. The Balaban J connectivity index is 2.05. The van der Waals surface area contributed by atoms with Crippen LogP contribution >= 0.6 is 11.6 Å². The number of rotatable bonds is 4. The lowest BCUT2D eigenvalue weighted by atomic mass is 9.97. The first-order chi connectivity index (χ1) is 10.3. The summed E-state index contributed by atoms with van der Waals surface area (Å²) in [6.45, 7) is 3.85. The first kappa shape index (κ1) is 14.1. The highest BCUT2D eigenvalue weighted by atomic mass is 35.5. The van der Waals surface area contributed by atoms with Crippen molar-refractivity contribution >= 4 is 22.4 Å². The summed E-state index contributed by atoms with van der Waals surface area (Å²) in [4.78, 5) is 0. The molecule has 3 aromatic rings. The summed E-state index contributed by atoms with van der Waals surface area (Å²) in [5, 5.41) is 6.64. The van der Waals surface area contributed by atoms with Crippen LogP contribution in [0.5, 0.6) is 0 Å². The Morgan fingerprint density at radius 3 is 2.57 bits per heavy atom. The predicted octanol–water partition coefficient (Wildman–Crippen LogP) is 5.27. The summed E-state index contributed by atoms with van der Waals surface area (Å²) >= 11 is 6.43. The summed E-state index contributed by atoms with van der Waals surface area (Å²) < 4.78 is 0. The largest absolute Gasteiger partial charge is 0.313 e. The lowest BCUT2D eigenvalue weighted by Gasteiger charge is -2.10. The van der Waals surface area contributed by atoms with Crippen LogP contribution in [0.15, 0.2) is 60.7 Å². The zero-order valence-electron chi connectivity index (χ0n) is 12.1. The third-order valence-electron chi connectivity index (χ3n) is 3.72. The van der Waals surface area contributed by atoms with Gasteiger partial charge in [0.1, 0.15) is 0 Å². The normalized spacial score (nSPS) is 11.0. The van der Waals surface area contributed by atoms with Crippen molar-refractivity contribution in [2.24, 2.45) is 0 Å². The molecule has 2 heteroatoms. The van der Waals surface area contributed by atoms with Crippen molar-refractivity contribution in [2.45, 2.75) is 13.5 Å². The Morgan fingerprint density at radius 2 is 1.76 bits per heavy atom. The van der Waals surface area contributed by atoms with Gasteiger partial charge in [-0.15, -0.1) is 0 Å². The number of fused-ring (bicyclic) bond motifs is 1.